The fourth-order valence-corrected chi connectivity index (χ4v) is 1.97. The highest BCUT2D eigenvalue weighted by Crippen LogP contribution is 2.19. The highest BCUT2D eigenvalue weighted by molar-refractivity contribution is 5.94. The van der Waals surface area contributed by atoms with Gasteiger partial charge in [0.05, 0.1) is 22.9 Å². The van der Waals surface area contributed by atoms with E-state index in [4.69, 9.17) is 0 Å². The Labute approximate surface area is 111 Å². The van der Waals surface area contributed by atoms with Gasteiger partial charge in [-0.2, -0.15) is 0 Å². The van der Waals surface area contributed by atoms with Crippen molar-refractivity contribution in [3.05, 3.63) is 60.3 Å². The number of benzene rings is 2. The van der Waals surface area contributed by atoms with Crippen molar-refractivity contribution in [3.63, 3.8) is 0 Å². The van der Waals surface area contributed by atoms with Crippen molar-refractivity contribution in [2.24, 2.45) is 0 Å². The molecule has 0 fully saturated rings. The number of rotatable bonds is 2. The molecule has 3 aromatic rings. The molecule has 2 aromatic carbocycles. The highest BCUT2D eigenvalue weighted by Gasteiger charge is 2.04. The Kier molecular flexibility index (Phi) is 2.80. The third kappa shape index (κ3) is 2.22. The van der Waals surface area contributed by atoms with Gasteiger partial charge in [0.1, 0.15) is 0 Å². The summed E-state index contributed by atoms with van der Waals surface area (Å²) >= 11 is 0. The number of fused-ring (bicyclic) bond motifs is 1. The van der Waals surface area contributed by atoms with Crippen LogP contribution < -0.4 is 0 Å². The van der Waals surface area contributed by atoms with Gasteiger partial charge in [0.25, 0.3) is 0 Å². The minimum absolute atomic E-state index is 0.0659. The number of carbonyl (C=O) groups excluding carboxylic acids is 1. The standard InChI is InChI=1S/C16H12N2O/c1-11(19)12-6-8-13(9-7-12)16-10-17-14-4-2-3-5-15(14)18-16/h2-10H,1H3. The quantitative estimate of drug-likeness (QED) is 0.652. The van der Waals surface area contributed by atoms with Crippen LogP contribution in [0.4, 0.5) is 0 Å². The molecule has 0 bridgehead atoms. The lowest BCUT2D eigenvalue weighted by molar-refractivity contribution is 0.101. The van der Waals surface area contributed by atoms with Crippen LogP contribution in [0.25, 0.3) is 22.3 Å². The van der Waals surface area contributed by atoms with Crippen molar-refractivity contribution >= 4 is 16.8 Å². The molecule has 3 rings (SSSR count). The first-order valence-electron chi connectivity index (χ1n) is 6.07. The van der Waals surface area contributed by atoms with Gasteiger partial charge in [-0.25, -0.2) is 4.98 Å². The fourth-order valence-electron chi connectivity index (χ4n) is 1.97. The number of Topliss-reactive ketones (excluding diaryl/α,β-unsaturated/α-hetero) is 1. The number of aromatic nitrogens is 2. The van der Waals surface area contributed by atoms with Crippen molar-refractivity contribution in [2.45, 2.75) is 6.92 Å². The van der Waals surface area contributed by atoms with Crippen LogP contribution in [0.15, 0.2) is 54.7 Å². The Morgan fingerprint density at radius 1 is 0.947 bits per heavy atom. The molecule has 0 atom stereocenters. The molecule has 0 radical (unpaired) electrons. The molecule has 19 heavy (non-hydrogen) atoms. The van der Waals surface area contributed by atoms with Crippen molar-refractivity contribution in [2.75, 3.05) is 0 Å². The maximum Gasteiger partial charge on any atom is 0.159 e. The van der Waals surface area contributed by atoms with E-state index < -0.39 is 0 Å². The fraction of sp³-hybridized carbons (Fsp3) is 0.0625. The van der Waals surface area contributed by atoms with Gasteiger partial charge in [-0.15, -0.1) is 0 Å². The molecule has 1 heterocycles. The lowest BCUT2D eigenvalue weighted by Gasteiger charge is -2.03. The van der Waals surface area contributed by atoms with Gasteiger partial charge >= 0.3 is 0 Å². The summed E-state index contributed by atoms with van der Waals surface area (Å²) in [4.78, 5) is 20.2. The zero-order valence-corrected chi connectivity index (χ0v) is 10.5. The van der Waals surface area contributed by atoms with Crippen molar-refractivity contribution in [3.8, 4) is 11.3 Å². The lowest BCUT2D eigenvalue weighted by atomic mass is 10.1. The van der Waals surface area contributed by atoms with E-state index >= 15 is 0 Å². The van der Waals surface area contributed by atoms with E-state index in [0.29, 0.717) is 5.56 Å². The van der Waals surface area contributed by atoms with Gasteiger partial charge in [0.2, 0.25) is 0 Å². The molecule has 0 aliphatic carbocycles. The third-order valence-electron chi connectivity index (χ3n) is 3.04. The smallest absolute Gasteiger partial charge is 0.159 e. The Balaban J connectivity index is 2.06. The zero-order chi connectivity index (χ0) is 13.2. The zero-order valence-electron chi connectivity index (χ0n) is 10.5. The number of para-hydroxylation sites is 2. The molecule has 0 aliphatic heterocycles. The second kappa shape index (κ2) is 4.61. The van der Waals surface area contributed by atoms with E-state index in [1.54, 1.807) is 13.1 Å². The predicted molar refractivity (Wildman–Crippen MR) is 75.0 cm³/mol. The second-order valence-electron chi connectivity index (χ2n) is 4.38. The average Bonchev–Trinajstić information content (AvgIpc) is 2.47. The van der Waals surface area contributed by atoms with E-state index in [0.717, 1.165) is 22.3 Å². The van der Waals surface area contributed by atoms with E-state index in [9.17, 15) is 4.79 Å². The SMILES string of the molecule is CC(=O)c1ccc(-c2cnc3ccccc3n2)cc1. The Morgan fingerprint density at radius 2 is 1.63 bits per heavy atom. The summed E-state index contributed by atoms with van der Waals surface area (Å²) in [5.41, 5.74) is 4.23. The Hall–Kier alpha value is -2.55. The Morgan fingerprint density at radius 3 is 2.32 bits per heavy atom. The second-order valence-corrected chi connectivity index (χ2v) is 4.38. The van der Waals surface area contributed by atoms with Crippen molar-refractivity contribution in [1.82, 2.24) is 9.97 Å². The molecule has 92 valence electrons. The van der Waals surface area contributed by atoms with Crippen LogP contribution in [0.5, 0.6) is 0 Å². The van der Waals surface area contributed by atoms with Crippen LogP contribution in [-0.2, 0) is 0 Å². The normalized spacial score (nSPS) is 10.6. The van der Waals surface area contributed by atoms with Crippen LogP contribution in [0.1, 0.15) is 17.3 Å². The first kappa shape index (κ1) is 11.5. The van der Waals surface area contributed by atoms with Crippen LogP contribution in [0.3, 0.4) is 0 Å². The number of carbonyl (C=O) groups is 1. The summed E-state index contributed by atoms with van der Waals surface area (Å²) in [6.45, 7) is 1.56. The number of nitrogens with zero attached hydrogens (tertiary/aromatic N) is 2. The number of hydrogen-bond donors (Lipinski definition) is 0. The van der Waals surface area contributed by atoms with Crippen LogP contribution in [-0.4, -0.2) is 15.8 Å². The summed E-state index contributed by atoms with van der Waals surface area (Å²) in [6.07, 6.45) is 1.76. The summed E-state index contributed by atoms with van der Waals surface area (Å²) in [5, 5.41) is 0. The lowest BCUT2D eigenvalue weighted by Crippen LogP contribution is -1.92. The van der Waals surface area contributed by atoms with Gasteiger partial charge < -0.3 is 0 Å². The molecule has 3 heteroatoms. The maximum atomic E-state index is 11.2. The van der Waals surface area contributed by atoms with Gasteiger partial charge in [0, 0.05) is 11.1 Å². The largest absolute Gasteiger partial charge is 0.295 e. The third-order valence-corrected chi connectivity index (χ3v) is 3.04. The van der Waals surface area contributed by atoms with E-state index in [2.05, 4.69) is 9.97 Å². The summed E-state index contributed by atoms with van der Waals surface area (Å²) in [7, 11) is 0. The van der Waals surface area contributed by atoms with Gasteiger partial charge in [-0.05, 0) is 19.1 Å². The summed E-state index contributed by atoms with van der Waals surface area (Å²) < 4.78 is 0. The van der Waals surface area contributed by atoms with Gasteiger partial charge in [-0.1, -0.05) is 36.4 Å². The van der Waals surface area contributed by atoms with E-state index in [-0.39, 0.29) is 5.78 Å². The minimum atomic E-state index is 0.0659. The average molecular weight is 248 g/mol. The molecule has 0 amide bonds. The molecule has 0 aliphatic rings. The maximum absolute atomic E-state index is 11.2. The molecular formula is C16H12N2O. The highest BCUT2D eigenvalue weighted by atomic mass is 16.1. The van der Waals surface area contributed by atoms with Crippen molar-refractivity contribution < 1.29 is 4.79 Å². The van der Waals surface area contributed by atoms with Crippen LogP contribution in [0.2, 0.25) is 0 Å². The molecule has 3 nitrogen and oxygen atoms in total. The van der Waals surface area contributed by atoms with Crippen LogP contribution in [0, 0.1) is 0 Å². The monoisotopic (exact) mass is 248 g/mol. The molecule has 0 saturated heterocycles. The van der Waals surface area contributed by atoms with E-state index in [1.807, 2.05) is 48.5 Å². The molecule has 0 unspecified atom stereocenters. The molecule has 0 spiro atoms. The number of hydrogen-bond acceptors (Lipinski definition) is 3. The van der Waals surface area contributed by atoms with Crippen molar-refractivity contribution in [1.29, 1.82) is 0 Å². The van der Waals surface area contributed by atoms with Gasteiger partial charge in [0.15, 0.2) is 5.78 Å². The number of ketones is 1. The van der Waals surface area contributed by atoms with Crippen LogP contribution >= 0.6 is 0 Å². The predicted octanol–water partition coefficient (Wildman–Crippen LogP) is 3.50. The van der Waals surface area contributed by atoms with Gasteiger partial charge in [-0.3, -0.25) is 9.78 Å². The topological polar surface area (TPSA) is 42.9 Å². The minimum Gasteiger partial charge on any atom is -0.295 e. The molecule has 1 aromatic heterocycles. The first-order chi connectivity index (χ1) is 9.24. The summed E-state index contributed by atoms with van der Waals surface area (Å²) in [6, 6.07) is 15.2. The molecule has 0 N–H and O–H groups in total. The molecular weight excluding hydrogens is 236 g/mol. The first-order valence-corrected chi connectivity index (χ1v) is 6.07. The summed E-state index contributed by atoms with van der Waals surface area (Å²) in [5.74, 6) is 0.0659. The Bertz CT molecular complexity index is 748. The van der Waals surface area contributed by atoms with E-state index in [1.165, 1.54) is 0 Å². The molecule has 0 saturated carbocycles.